The molecule has 2 aromatic rings. The molecular weight excluding hydrogens is 321 g/mol. The van der Waals surface area contributed by atoms with Gasteiger partial charge < -0.3 is 0 Å². The molecule has 0 saturated carbocycles. The maximum atomic E-state index is 13.5. The number of hydrogen-bond donors (Lipinski definition) is 0. The number of nitrogens with zero attached hydrogens (tertiary/aromatic N) is 1. The van der Waals surface area contributed by atoms with Gasteiger partial charge in [-0.05, 0) is 35.9 Å². The number of halogens is 3. The Balaban J connectivity index is 2.21. The SMILES string of the molecule is O=C(Cc1cc(Br)ccc1F)c1ccc(Cl)nc1. The molecule has 2 nitrogen and oxygen atoms in total. The summed E-state index contributed by atoms with van der Waals surface area (Å²) in [6.45, 7) is 0. The standard InChI is InChI=1S/C13H8BrClFNO/c14-10-2-3-11(16)9(5-10)6-12(18)8-1-4-13(15)17-7-8/h1-5,7H,6H2. The zero-order valence-electron chi connectivity index (χ0n) is 9.16. The highest BCUT2D eigenvalue weighted by Crippen LogP contribution is 2.17. The summed E-state index contributed by atoms with van der Waals surface area (Å²) in [5.41, 5.74) is 0.767. The molecular formula is C13H8BrClFNO. The van der Waals surface area contributed by atoms with E-state index in [1.54, 1.807) is 18.2 Å². The Bertz CT molecular complexity index is 586. The zero-order valence-corrected chi connectivity index (χ0v) is 11.5. The molecule has 1 aromatic carbocycles. The third-order valence-electron chi connectivity index (χ3n) is 2.41. The topological polar surface area (TPSA) is 30.0 Å². The maximum Gasteiger partial charge on any atom is 0.168 e. The number of carbonyl (C=O) groups excluding carboxylic acids is 1. The van der Waals surface area contributed by atoms with Gasteiger partial charge >= 0.3 is 0 Å². The average molecular weight is 329 g/mol. The molecule has 0 aliphatic heterocycles. The molecule has 0 saturated heterocycles. The third kappa shape index (κ3) is 3.15. The van der Waals surface area contributed by atoms with E-state index in [2.05, 4.69) is 20.9 Å². The van der Waals surface area contributed by atoms with Crippen molar-refractivity contribution in [1.82, 2.24) is 4.98 Å². The van der Waals surface area contributed by atoms with E-state index in [4.69, 9.17) is 11.6 Å². The number of aromatic nitrogens is 1. The van der Waals surface area contributed by atoms with Crippen molar-refractivity contribution in [1.29, 1.82) is 0 Å². The molecule has 2 rings (SSSR count). The fraction of sp³-hybridized carbons (Fsp3) is 0.0769. The van der Waals surface area contributed by atoms with Crippen LogP contribution < -0.4 is 0 Å². The van der Waals surface area contributed by atoms with Gasteiger partial charge in [-0.25, -0.2) is 9.37 Å². The van der Waals surface area contributed by atoms with E-state index in [1.165, 1.54) is 18.3 Å². The van der Waals surface area contributed by atoms with E-state index in [9.17, 15) is 9.18 Å². The second kappa shape index (κ2) is 5.59. The van der Waals surface area contributed by atoms with Gasteiger partial charge in [-0.15, -0.1) is 0 Å². The van der Waals surface area contributed by atoms with Crippen LogP contribution in [0.3, 0.4) is 0 Å². The third-order valence-corrected chi connectivity index (χ3v) is 3.12. The lowest BCUT2D eigenvalue weighted by Gasteiger charge is -2.03. The Hall–Kier alpha value is -1.26. The Morgan fingerprint density at radius 1 is 1.33 bits per heavy atom. The zero-order chi connectivity index (χ0) is 13.1. The fourth-order valence-corrected chi connectivity index (χ4v) is 2.01. The molecule has 0 unspecified atom stereocenters. The van der Waals surface area contributed by atoms with Crippen LogP contribution in [0.1, 0.15) is 15.9 Å². The van der Waals surface area contributed by atoms with Crippen molar-refractivity contribution in [3.8, 4) is 0 Å². The molecule has 0 aliphatic rings. The number of benzene rings is 1. The predicted octanol–water partition coefficient (Wildman–Crippen LogP) is 4.06. The van der Waals surface area contributed by atoms with Gasteiger partial charge in [-0.2, -0.15) is 0 Å². The minimum Gasteiger partial charge on any atom is -0.294 e. The van der Waals surface area contributed by atoms with Gasteiger partial charge in [-0.3, -0.25) is 4.79 Å². The van der Waals surface area contributed by atoms with Crippen LogP contribution in [0.15, 0.2) is 41.0 Å². The van der Waals surface area contributed by atoms with Gasteiger partial charge in [0.25, 0.3) is 0 Å². The average Bonchev–Trinajstić information content (AvgIpc) is 2.34. The van der Waals surface area contributed by atoms with Crippen LogP contribution in [0, 0.1) is 5.82 Å². The van der Waals surface area contributed by atoms with Crippen molar-refractivity contribution in [2.45, 2.75) is 6.42 Å². The summed E-state index contributed by atoms with van der Waals surface area (Å²) in [5, 5.41) is 0.320. The first-order valence-electron chi connectivity index (χ1n) is 5.15. The summed E-state index contributed by atoms with van der Waals surface area (Å²) in [6, 6.07) is 7.62. The highest BCUT2D eigenvalue weighted by molar-refractivity contribution is 9.10. The molecule has 18 heavy (non-hydrogen) atoms. The number of hydrogen-bond acceptors (Lipinski definition) is 2. The van der Waals surface area contributed by atoms with Gasteiger partial charge in [0.15, 0.2) is 5.78 Å². The van der Waals surface area contributed by atoms with E-state index < -0.39 is 5.82 Å². The molecule has 1 heterocycles. The van der Waals surface area contributed by atoms with Crippen molar-refractivity contribution in [3.05, 3.63) is 63.1 Å². The summed E-state index contributed by atoms with van der Waals surface area (Å²) in [7, 11) is 0. The summed E-state index contributed by atoms with van der Waals surface area (Å²) < 4.78 is 14.2. The number of pyridine rings is 1. The number of ketones is 1. The Kier molecular flexibility index (Phi) is 4.09. The lowest BCUT2D eigenvalue weighted by atomic mass is 10.0. The van der Waals surface area contributed by atoms with E-state index in [0.29, 0.717) is 16.3 Å². The molecule has 0 bridgehead atoms. The van der Waals surface area contributed by atoms with Crippen LogP contribution in [-0.2, 0) is 6.42 Å². The van der Waals surface area contributed by atoms with E-state index >= 15 is 0 Å². The Morgan fingerprint density at radius 3 is 2.78 bits per heavy atom. The quantitative estimate of drug-likeness (QED) is 0.628. The van der Waals surface area contributed by atoms with Crippen LogP contribution >= 0.6 is 27.5 Å². The minimum atomic E-state index is -0.395. The van der Waals surface area contributed by atoms with Crippen LogP contribution in [0.25, 0.3) is 0 Å². The van der Waals surface area contributed by atoms with Gasteiger partial charge in [0.2, 0.25) is 0 Å². The summed E-state index contributed by atoms with van der Waals surface area (Å²) in [5.74, 6) is -0.593. The molecule has 1 aromatic heterocycles. The normalized spacial score (nSPS) is 10.4. The molecule has 0 fully saturated rings. The van der Waals surface area contributed by atoms with E-state index in [1.807, 2.05) is 0 Å². The second-order valence-electron chi connectivity index (χ2n) is 3.71. The summed E-state index contributed by atoms with van der Waals surface area (Å²) >= 11 is 8.88. The molecule has 0 radical (unpaired) electrons. The van der Waals surface area contributed by atoms with E-state index in [-0.39, 0.29) is 12.2 Å². The van der Waals surface area contributed by atoms with Crippen molar-refractivity contribution < 1.29 is 9.18 Å². The van der Waals surface area contributed by atoms with Gasteiger partial charge in [0, 0.05) is 22.7 Å². The van der Waals surface area contributed by atoms with Gasteiger partial charge in [0.1, 0.15) is 11.0 Å². The molecule has 5 heteroatoms. The predicted molar refractivity (Wildman–Crippen MR) is 71.4 cm³/mol. The van der Waals surface area contributed by atoms with E-state index in [0.717, 1.165) is 4.47 Å². The van der Waals surface area contributed by atoms with Crippen molar-refractivity contribution in [2.24, 2.45) is 0 Å². The number of Topliss-reactive ketones (excluding diaryl/α,β-unsaturated/α-hetero) is 1. The lowest BCUT2D eigenvalue weighted by Crippen LogP contribution is -2.05. The maximum absolute atomic E-state index is 13.5. The first-order valence-corrected chi connectivity index (χ1v) is 6.32. The van der Waals surface area contributed by atoms with Gasteiger partial charge in [0.05, 0.1) is 0 Å². The smallest absolute Gasteiger partial charge is 0.168 e. The molecule has 0 N–H and O–H groups in total. The molecule has 0 aliphatic carbocycles. The highest BCUT2D eigenvalue weighted by atomic mass is 79.9. The lowest BCUT2D eigenvalue weighted by molar-refractivity contribution is 0.0991. The summed E-state index contributed by atoms with van der Waals surface area (Å²) in [4.78, 5) is 15.7. The van der Waals surface area contributed by atoms with Gasteiger partial charge in [-0.1, -0.05) is 27.5 Å². The van der Waals surface area contributed by atoms with Crippen LogP contribution in [0.4, 0.5) is 4.39 Å². The van der Waals surface area contributed by atoms with Crippen LogP contribution in [0.5, 0.6) is 0 Å². The Morgan fingerprint density at radius 2 is 2.11 bits per heavy atom. The number of carbonyl (C=O) groups is 1. The monoisotopic (exact) mass is 327 g/mol. The highest BCUT2D eigenvalue weighted by Gasteiger charge is 2.11. The minimum absolute atomic E-state index is 0.00537. The number of rotatable bonds is 3. The van der Waals surface area contributed by atoms with Crippen LogP contribution in [0.2, 0.25) is 5.15 Å². The van der Waals surface area contributed by atoms with Crippen molar-refractivity contribution in [3.63, 3.8) is 0 Å². The largest absolute Gasteiger partial charge is 0.294 e. The second-order valence-corrected chi connectivity index (χ2v) is 5.01. The fourth-order valence-electron chi connectivity index (χ4n) is 1.49. The molecule has 92 valence electrons. The van der Waals surface area contributed by atoms with Crippen LogP contribution in [-0.4, -0.2) is 10.8 Å². The first-order chi connectivity index (χ1) is 8.56. The molecule has 0 amide bonds. The molecule has 0 spiro atoms. The van der Waals surface area contributed by atoms with Crippen molar-refractivity contribution >= 4 is 33.3 Å². The van der Waals surface area contributed by atoms with Crippen molar-refractivity contribution in [2.75, 3.05) is 0 Å². The summed E-state index contributed by atoms with van der Waals surface area (Å²) in [6.07, 6.45) is 1.38. The molecule has 0 atom stereocenters. The Labute approximate surface area is 117 Å². The first kappa shape index (κ1) is 13.2.